The molecule has 16 heavy (non-hydrogen) atoms. The van der Waals surface area contributed by atoms with E-state index in [-0.39, 0.29) is 0 Å². The monoisotopic (exact) mass is 254 g/mol. The molecule has 0 aliphatic rings. The maximum atomic E-state index is 13.1. The number of hydrogen-bond donors (Lipinski definition) is 0. The summed E-state index contributed by atoms with van der Waals surface area (Å²) in [6, 6.07) is 0. The van der Waals surface area contributed by atoms with Crippen LogP contribution in [0.15, 0.2) is 0 Å². The first-order valence-electron chi connectivity index (χ1n) is 4.35. The molecular weight excluding hydrogens is 246 g/mol. The van der Waals surface area contributed by atoms with Crippen LogP contribution >= 0.6 is 0 Å². The molecule has 0 fully saturated rings. The van der Waals surface area contributed by atoms with Crippen molar-refractivity contribution in [1.82, 2.24) is 0 Å². The lowest BCUT2D eigenvalue weighted by Crippen LogP contribution is -2.29. The molecule has 0 atom stereocenters. The van der Waals surface area contributed by atoms with Crippen molar-refractivity contribution in [2.45, 2.75) is 18.3 Å². The van der Waals surface area contributed by atoms with E-state index in [4.69, 9.17) is 4.74 Å². The van der Waals surface area contributed by atoms with E-state index < -0.39 is 39.3 Å². The standard InChI is InChI=1S/C9H6F5O.Al.2H/c1-3(2)15-9-7(13)5(11)4(10)6(12)8(9)14;;;/h1-2H3;;;. The molecule has 0 unspecified atom stereocenters. The molecule has 0 radical (unpaired) electrons. The molecule has 7 heteroatoms. The van der Waals surface area contributed by atoms with Crippen molar-refractivity contribution in [3.8, 4) is 5.75 Å². The lowest BCUT2D eigenvalue weighted by Gasteiger charge is -2.23. The molecule has 0 saturated heterocycles. The molecule has 1 nitrogen and oxygen atoms in total. The Morgan fingerprint density at radius 1 is 0.812 bits per heavy atom. The van der Waals surface area contributed by atoms with Crippen molar-refractivity contribution < 1.29 is 26.7 Å². The third kappa shape index (κ3) is 2.47. The fraction of sp³-hybridized carbons (Fsp3) is 0.333. The summed E-state index contributed by atoms with van der Waals surface area (Å²) < 4.78 is 68.2. The van der Waals surface area contributed by atoms with Crippen molar-refractivity contribution in [3.05, 3.63) is 29.1 Å². The summed E-state index contributed by atoms with van der Waals surface area (Å²) in [5.74, 6) is -11.3. The lowest BCUT2D eigenvalue weighted by molar-refractivity contribution is 0.171. The maximum absolute atomic E-state index is 13.1. The Morgan fingerprint density at radius 2 is 1.12 bits per heavy atom. The van der Waals surface area contributed by atoms with Crippen LogP contribution in [0.5, 0.6) is 5.75 Å². The van der Waals surface area contributed by atoms with Crippen molar-refractivity contribution in [1.29, 1.82) is 0 Å². The van der Waals surface area contributed by atoms with Crippen LogP contribution in [-0.2, 0) is 0 Å². The van der Waals surface area contributed by atoms with Gasteiger partial charge in [0.25, 0.3) is 16.3 Å². The largest absolute Gasteiger partial charge is 0.499 e. The second-order valence-corrected chi connectivity index (χ2v) is 6.52. The highest BCUT2D eigenvalue weighted by molar-refractivity contribution is 6.14. The van der Waals surface area contributed by atoms with Crippen LogP contribution in [0.3, 0.4) is 0 Å². The quantitative estimate of drug-likeness (QED) is 0.340. The fourth-order valence-electron chi connectivity index (χ4n) is 0.981. The summed E-state index contributed by atoms with van der Waals surface area (Å²) >= 11 is 0.358. The minimum atomic E-state index is -2.19. The fourth-order valence-corrected chi connectivity index (χ4v) is 1.18. The lowest BCUT2D eigenvalue weighted by atomic mass is 10.2. The van der Waals surface area contributed by atoms with Gasteiger partial charge >= 0.3 is 0 Å². The van der Waals surface area contributed by atoms with Crippen LogP contribution < -0.4 is 4.74 Å². The Bertz CT molecular complexity index is 398. The number of ether oxygens (including phenoxy) is 1. The van der Waals surface area contributed by atoms with Gasteiger partial charge in [-0.2, -0.15) is 8.78 Å². The summed E-state index contributed by atoms with van der Waals surface area (Å²) in [4.78, 5) is 0. The van der Waals surface area contributed by atoms with E-state index in [0.29, 0.717) is 16.3 Å². The van der Waals surface area contributed by atoms with Gasteiger partial charge in [0.05, 0.1) is 0 Å². The zero-order valence-corrected chi connectivity index (χ0v) is 10.8. The van der Waals surface area contributed by atoms with E-state index in [1.165, 1.54) is 13.8 Å². The van der Waals surface area contributed by atoms with E-state index >= 15 is 0 Å². The van der Waals surface area contributed by atoms with Crippen molar-refractivity contribution in [3.63, 3.8) is 0 Å². The van der Waals surface area contributed by atoms with Gasteiger partial charge in [0, 0.05) is 4.46 Å². The van der Waals surface area contributed by atoms with E-state index in [9.17, 15) is 22.0 Å². The van der Waals surface area contributed by atoms with E-state index in [2.05, 4.69) is 0 Å². The highest BCUT2D eigenvalue weighted by atomic mass is 27.0. The number of benzene rings is 1. The minimum absolute atomic E-state index is 0.358. The normalized spacial score (nSPS) is 11.7. The highest BCUT2D eigenvalue weighted by Crippen LogP contribution is 2.30. The van der Waals surface area contributed by atoms with Crippen molar-refractivity contribution >= 4 is 16.3 Å². The average Bonchev–Trinajstić information content (AvgIpc) is 2.17. The Morgan fingerprint density at radius 3 is 1.44 bits per heavy atom. The van der Waals surface area contributed by atoms with Crippen LogP contribution in [0.25, 0.3) is 0 Å². The SMILES string of the molecule is C[C](C)([AlH2])Oc1c(F)c(F)c(F)c(F)c1F. The first-order valence-corrected chi connectivity index (χ1v) is 5.35. The molecule has 0 N–H and O–H groups in total. The molecule has 0 aromatic heterocycles. The van der Waals surface area contributed by atoms with Crippen LogP contribution in [0.4, 0.5) is 22.0 Å². The van der Waals surface area contributed by atoms with Gasteiger partial charge in [-0.3, -0.25) is 0 Å². The predicted molar refractivity (Wildman–Crippen MR) is 49.5 cm³/mol. The summed E-state index contributed by atoms with van der Waals surface area (Å²) in [6.45, 7) is 2.97. The molecule has 0 saturated carbocycles. The Balaban J connectivity index is 3.40. The van der Waals surface area contributed by atoms with Crippen LogP contribution in [-0.4, -0.2) is 20.8 Å². The van der Waals surface area contributed by atoms with Crippen LogP contribution in [0.1, 0.15) is 13.8 Å². The topological polar surface area (TPSA) is 9.23 Å². The first-order chi connectivity index (χ1) is 7.15. The summed E-state index contributed by atoms with van der Waals surface area (Å²) in [5.41, 5.74) is 0. The van der Waals surface area contributed by atoms with Crippen LogP contribution in [0, 0.1) is 29.1 Å². The Hall–Kier alpha value is -0.798. The second-order valence-electron chi connectivity index (χ2n) is 4.11. The average molecular weight is 254 g/mol. The number of hydrogen-bond acceptors (Lipinski definition) is 1. The van der Waals surface area contributed by atoms with Gasteiger partial charge in [0.1, 0.15) is 0 Å². The van der Waals surface area contributed by atoms with Crippen LogP contribution in [0.2, 0.25) is 0 Å². The molecule has 0 bridgehead atoms. The zero-order chi connectivity index (χ0) is 12.7. The van der Waals surface area contributed by atoms with E-state index in [1.54, 1.807) is 0 Å². The molecule has 0 amide bonds. The number of halogens is 5. The van der Waals surface area contributed by atoms with Crippen molar-refractivity contribution in [2.24, 2.45) is 0 Å². The molecule has 88 valence electrons. The molecule has 1 aromatic carbocycles. The highest BCUT2D eigenvalue weighted by Gasteiger charge is 2.29. The molecule has 1 rings (SSSR count). The number of rotatable bonds is 2. The van der Waals surface area contributed by atoms with Gasteiger partial charge in [-0.05, 0) is 13.8 Å². The molecule has 0 aliphatic carbocycles. The third-order valence-electron chi connectivity index (χ3n) is 1.58. The molecule has 1 aromatic rings. The van der Waals surface area contributed by atoms with Gasteiger partial charge in [-0.15, -0.1) is 0 Å². The van der Waals surface area contributed by atoms with Gasteiger partial charge < -0.3 is 4.74 Å². The van der Waals surface area contributed by atoms with Gasteiger partial charge in [0.2, 0.25) is 29.1 Å². The first kappa shape index (κ1) is 13.3. The Kier molecular flexibility index (Phi) is 3.50. The Labute approximate surface area is 96.6 Å². The summed E-state index contributed by atoms with van der Waals surface area (Å²) in [5, 5.41) is 0. The van der Waals surface area contributed by atoms with E-state index in [1.807, 2.05) is 0 Å². The van der Waals surface area contributed by atoms with Gasteiger partial charge in [-0.25, -0.2) is 13.2 Å². The molecule has 0 heterocycles. The smallest absolute Gasteiger partial charge is 0.282 e. The maximum Gasteiger partial charge on any atom is 0.282 e. The summed E-state index contributed by atoms with van der Waals surface area (Å²) in [6.07, 6.45) is 0. The predicted octanol–water partition coefficient (Wildman–Crippen LogP) is 2.13. The van der Waals surface area contributed by atoms with Gasteiger partial charge in [0.15, 0.2) is 5.75 Å². The minimum Gasteiger partial charge on any atom is -0.499 e. The molecule has 0 spiro atoms. The third-order valence-corrected chi connectivity index (χ3v) is 1.78. The molecular formula is C9H8AlF5O. The molecule has 0 aliphatic heterocycles. The van der Waals surface area contributed by atoms with Crippen molar-refractivity contribution in [2.75, 3.05) is 0 Å². The summed E-state index contributed by atoms with van der Waals surface area (Å²) in [7, 11) is 0. The zero-order valence-electron chi connectivity index (χ0n) is 8.80. The second kappa shape index (κ2) is 4.23. The van der Waals surface area contributed by atoms with Gasteiger partial charge in [-0.1, -0.05) is 0 Å². The van der Waals surface area contributed by atoms with E-state index in [0.717, 1.165) is 0 Å².